The van der Waals surface area contributed by atoms with Crippen molar-refractivity contribution in [2.45, 2.75) is 4.90 Å². The zero-order valence-corrected chi connectivity index (χ0v) is 10.8. The number of aliphatic imine (C=N–C) groups is 1. The van der Waals surface area contributed by atoms with E-state index in [0.29, 0.717) is 0 Å². The fourth-order valence-corrected chi connectivity index (χ4v) is 2.90. The summed E-state index contributed by atoms with van der Waals surface area (Å²) in [6.07, 6.45) is 0. The molecule has 1 aliphatic heterocycles. The van der Waals surface area contributed by atoms with Gasteiger partial charge in [0.05, 0.1) is 16.3 Å². The summed E-state index contributed by atoms with van der Waals surface area (Å²) in [5.41, 5.74) is 2.73. The number of fused-ring (bicyclic) bond motifs is 1. The van der Waals surface area contributed by atoms with Crippen molar-refractivity contribution >= 4 is 28.8 Å². The zero-order valence-electron chi connectivity index (χ0n) is 9.95. The Kier molecular flexibility index (Phi) is 3.05. The molecule has 0 saturated heterocycles. The van der Waals surface area contributed by atoms with Crippen LogP contribution in [0, 0.1) is 10.1 Å². The van der Waals surface area contributed by atoms with Gasteiger partial charge in [-0.3, -0.25) is 15.1 Å². The Hall–Kier alpha value is -2.14. The summed E-state index contributed by atoms with van der Waals surface area (Å²) >= 11 is 1.71. The van der Waals surface area contributed by atoms with Crippen LogP contribution in [0.25, 0.3) is 0 Å². The zero-order chi connectivity index (χ0) is 13.2. The van der Waals surface area contributed by atoms with E-state index in [0.717, 1.165) is 27.6 Å². The Morgan fingerprint density at radius 2 is 2.00 bits per heavy atom. The number of hydrogen-bond acceptors (Lipinski definition) is 4. The van der Waals surface area contributed by atoms with E-state index < -0.39 is 0 Å². The minimum atomic E-state index is -0.381. The first-order valence-electron chi connectivity index (χ1n) is 5.78. The van der Waals surface area contributed by atoms with Crippen molar-refractivity contribution < 1.29 is 4.92 Å². The van der Waals surface area contributed by atoms with Crippen LogP contribution in [0.15, 0.2) is 58.4 Å². The average Bonchev–Trinajstić information content (AvgIpc) is 2.47. The lowest BCUT2D eigenvalue weighted by Gasteiger charge is -2.14. The molecule has 1 heterocycles. The SMILES string of the molecule is O=[N+]([O-])c1cccc(C2=Nc3ccccc3SC2)c1. The number of para-hydroxylation sites is 1. The highest BCUT2D eigenvalue weighted by atomic mass is 32.2. The number of thioether (sulfide) groups is 1. The van der Waals surface area contributed by atoms with Crippen LogP contribution in [0.3, 0.4) is 0 Å². The molecule has 0 amide bonds. The van der Waals surface area contributed by atoms with E-state index in [2.05, 4.69) is 4.99 Å². The second-order valence-electron chi connectivity index (χ2n) is 4.12. The largest absolute Gasteiger partial charge is 0.270 e. The van der Waals surface area contributed by atoms with Crippen molar-refractivity contribution in [1.29, 1.82) is 0 Å². The van der Waals surface area contributed by atoms with Crippen LogP contribution >= 0.6 is 11.8 Å². The van der Waals surface area contributed by atoms with Gasteiger partial charge in [-0.05, 0) is 12.1 Å². The van der Waals surface area contributed by atoms with Crippen molar-refractivity contribution in [3.63, 3.8) is 0 Å². The molecule has 94 valence electrons. The quantitative estimate of drug-likeness (QED) is 0.615. The molecule has 0 aromatic heterocycles. The molecule has 0 spiro atoms. The first-order chi connectivity index (χ1) is 9.24. The van der Waals surface area contributed by atoms with Crippen molar-refractivity contribution in [2.24, 2.45) is 4.99 Å². The third kappa shape index (κ3) is 2.37. The van der Waals surface area contributed by atoms with Crippen LogP contribution in [-0.4, -0.2) is 16.4 Å². The maximum Gasteiger partial charge on any atom is 0.270 e. The Morgan fingerprint density at radius 1 is 1.16 bits per heavy atom. The Labute approximate surface area is 114 Å². The topological polar surface area (TPSA) is 55.5 Å². The molecule has 1 aliphatic rings. The number of non-ortho nitro benzene ring substituents is 1. The van der Waals surface area contributed by atoms with Gasteiger partial charge in [0.15, 0.2) is 0 Å². The molecule has 2 aromatic rings. The second kappa shape index (κ2) is 4.85. The van der Waals surface area contributed by atoms with Crippen LogP contribution < -0.4 is 0 Å². The summed E-state index contributed by atoms with van der Waals surface area (Å²) in [7, 11) is 0. The highest BCUT2D eigenvalue weighted by Gasteiger charge is 2.15. The van der Waals surface area contributed by atoms with E-state index in [9.17, 15) is 10.1 Å². The molecule has 5 heteroatoms. The number of benzene rings is 2. The molecule has 0 bridgehead atoms. The van der Waals surface area contributed by atoms with Crippen LogP contribution in [-0.2, 0) is 0 Å². The highest BCUT2D eigenvalue weighted by Crippen LogP contribution is 2.34. The van der Waals surface area contributed by atoms with E-state index in [1.54, 1.807) is 23.9 Å². The van der Waals surface area contributed by atoms with Crippen molar-refractivity contribution in [2.75, 3.05) is 5.75 Å². The van der Waals surface area contributed by atoms with Crippen molar-refractivity contribution in [1.82, 2.24) is 0 Å². The van der Waals surface area contributed by atoms with Crippen molar-refractivity contribution in [3.8, 4) is 0 Å². The third-order valence-corrected chi connectivity index (χ3v) is 3.95. The number of nitro benzene ring substituents is 1. The summed E-state index contributed by atoms with van der Waals surface area (Å²) in [4.78, 5) is 16.2. The van der Waals surface area contributed by atoms with Gasteiger partial charge in [0, 0.05) is 28.3 Å². The van der Waals surface area contributed by atoms with Crippen LogP contribution in [0.4, 0.5) is 11.4 Å². The number of rotatable bonds is 2. The highest BCUT2D eigenvalue weighted by molar-refractivity contribution is 8.00. The number of nitrogens with zero attached hydrogens (tertiary/aromatic N) is 2. The van der Waals surface area contributed by atoms with Gasteiger partial charge in [-0.1, -0.05) is 24.3 Å². The molecule has 19 heavy (non-hydrogen) atoms. The molecule has 4 nitrogen and oxygen atoms in total. The van der Waals surface area contributed by atoms with Crippen LogP contribution in [0.5, 0.6) is 0 Å². The van der Waals surface area contributed by atoms with E-state index in [-0.39, 0.29) is 10.6 Å². The average molecular weight is 270 g/mol. The second-order valence-corrected chi connectivity index (χ2v) is 5.14. The van der Waals surface area contributed by atoms with E-state index >= 15 is 0 Å². The Bertz CT molecular complexity index is 683. The maximum absolute atomic E-state index is 10.8. The van der Waals surface area contributed by atoms with Gasteiger partial charge in [-0.2, -0.15) is 0 Å². The number of nitro groups is 1. The molecule has 0 fully saturated rings. The minimum Gasteiger partial charge on any atom is -0.258 e. The first kappa shape index (κ1) is 11.9. The number of hydrogen-bond donors (Lipinski definition) is 0. The standard InChI is InChI=1S/C14H10N2O2S/c17-16(18)11-5-3-4-10(8-11)13-9-19-14-7-2-1-6-12(14)15-13/h1-8H,9H2. The van der Waals surface area contributed by atoms with E-state index in [1.165, 1.54) is 6.07 Å². The lowest BCUT2D eigenvalue weighted by molar-refractivity contribution is -0.384. The summed E-state index contributed by atoms with van der Waals surface area (Å²) in [6.45, 7) is 0. The van der Waals surface area contributed by atoms with Gasteiger partial charge in [0.1, 0.15) is 0 Å². The Balaban J connectivity index is 2.02. The van der Waals surface area contributed by atoms with Crippen LogP contribution in [0.1, 0.15) is 5.56 Å². The Morgan fingerprint density at radius 3 is 2.84 bits per heavy atom. The van der Waals surface area contributed by atoms with Gasteiger partial charge in [0.25, 0.3) is 5.69 Å². The van der Waals surface area contributed by atoms with Gasteiger partial charge in [0.2, 0.25) is 0 Å². The van der Waals surface area contributed by atoms with Gasteiger partial charge < -0.3 is 0 Å². The summed E-state index contributed by atoms with van der Waals surface area (Å²) in [5, 5.41) is 10.8. The molecule has 0 aliphatic carbocycles. The molecule has 0 N–H and O–H groups in total. The van der Waals surface area contributed by atoms with Gasteiger partial charge >= 0.3 is 0 Å². The molecular formula is C14H10N2O2S. The summed E-state index contributed by atoms with van der Waals surface area (Å²) in [5.74, 6) is 0.734. The van der Waals surface area contributed by atoms with Crippen LogP contribution in [0.2, 0.25) is 0 Å². The smallest absolute Gasteiger partial charge is 0.258 e. The molecule has 0 unspecified atom stereocenters. The molecule has 0 radical (unpaired) electrons. The lowest BCUT2D eigenvalue weighted by Crippen LogP contribution is -2.07. The molecule has 0 atom stereocenters. The van der Waals surface area contributed by atoms with Crippen molar-refractivity contribution in [3.05, 3.63) is 64.2 Å². The molecular weight excluding hydrogens is 260 g/mol. The minimum absolute atomic E-state index is 0.101. The van der Waals surface area contributed by atoms with E-state index in [4.69, 9.17) is 0 Å². The first-order valence-corrected chi connectivity index (χ1v) is 6.77. The summed E-state index contributed by atoms with van der Waals surface area (Å²) < 4.78 is 0. The van der Waals surface area contributed by atoms with Gasteiger partial charge in [-0.25, -0.2) is 0 Å². The van der Waals surface area contributed by atoms with E-state index in [1.807, 2.05) is 30.3 Å². The predicted molar refractivity (Wildman–Crippen MR) is 76.5 cm³/mol. The molecule has 0 saturated carbocycles. The summed E-state index contributed by atoms with van der Waals surface area (Å²) in [6, 6.07) is 14.5. The lowest BCUT2D eigenvalue weighted by atomic mass is 10.1. The molecule has 3 rings (SSSR count). The molecule has 2 aromatic carbocycles. The van der Waals surface area contributed by atoms with Gasteiger partial charge in [-0.15, -0.1) is 11.8 Å². The predicted octanol–water partition coefficient (Wildman–Crippen LogP) is 3.82. The fraction of sp³-hybridized carbons (Fsp3) is 0.0714. The normalized spacial score (nSPS) is 13.6. The third-order valence-electron chi connectivity index (χ3n) is 2.88. The monoisotopic (exact) mass is 270 g/mol. The maximum atomic E-state index is 10.8. The fourth-order valence-electron chi connectivity index (χ4n) is 1.94.